The highest BCUT2D eigenvalue weighted by molar-refractivity contribution is 8.76. The van der Waals surface area contributed by atoms with Crippen molar-refractivity contribution in [3.63, 3.8) is 0 Å². The lowest BCUT2D eigenvalue weighted by molar-refractivity contribution is 0.913. The highest BCUT2D eigenvalue weighted by Crippen LogP contribution is 2.39. The summed E-state index contributed by atoms with van der Waals surface area (Å²) in [6.07, 6.45) is 9.54. The molecule has 0 unspecified atom stereocenters. The van der Waals surface area contributed by atoms with Crippen LogP contribution in [-0.2, 0) is 0 Å². The minimum atomic E-state index is -0.202. The van der Waals surface area contributed by atoms with Crippen LogP contribution in [-0.4, -0.2) is 18.5 Å². The molecule has 4 heterocycles. The van der Waals surface area contributed by atoms with Crippen molar-refractivity contribution in [3.05, 3.63) is 55.2 Å². The first kappa shape index (κ1) is 15.3. The Balaban J connectivity index is 1.65. The number of hydrogen-bond donors (Lipinski definition) is 2. The number of nitrogens with zero attached hydrogens (tertiary/aromatic N) is 4. The minimum Gasteiger partial charge on any atom is -0.311 e. The standard InChI is InChI=1S/C15H12N4S4/c20-15(21)18-7-4-11-13(2-6-17-14(11)18)22-23-19-8-3-10-1-5-16-9-12(10)19/h1-9,15,20-21H. The van der Waals surface area contributed by atoms with Crippen LogP contribution in [0.2, 0.25) is 0 Å². The SMILES string of the molecule is SC(S)n1ccc2c(SSn3ccc4ccncc43)ccnc21. The van der Waals surface area contributed by atoms with Gasteiger partial charge in [-0.2, -0.15) is 0 Å². The van der Waals surface area contributed by atoms with Crippen molar-refractivity contribution in [1.82, 2.24) is 18.5 Å². The molecule has 116 valence electrons. The zero-order chi connectivity index (χ0) is 15.8. The van der Waals surface area contributed by atoms with Crippen molar-refractivity contribution < 1.29 is 0 Å². The molecular weight excluding hydrogens is 364 g/mol. The molecule has 0 radical (unpaired) electrons. The monoisotopic (exact) mass is 376 g/mol. The van der Waals surface area contributed by atoms with Crippen molar-refractivity contribution in [2.45, 2.75) is 9.60 Å². The fourth-order valence-electron chi connectivity index (χ4n) is 2.39. The largest absolute Gasteiger partial charge is 0.311 e. The van der Waals surface area contributed by atoms with Crippen molar-refractivity contribution in [3.8, 4) is 0 Å². The van der Waals surface area contributed by atoms with Crippen LogP contribution in [0.15, 0.2) is 60.1 Å². The van der Waals surface area contributed by atoms with Gasteiger partial charge < -0.3 is 4.57 Å². The van der Waals surface area contributed by atoms with E-state index in [1.807, 2.05) is 41.5 Å². The first-order valence-electron chi connectivity index (χ1n) is 6.82. The van der Waals surface area contributed by atoms with Gasteiger partial charge in [-0.15, -0.1) is 25.3 Å². The Labute approximate surface area is 152 Å². The number of rotatable bonds is 4. The molecule has 4 aromatic heterocycles. The average molecular weight is 377 g/mol. The Bertz CT molecular complexity index is 976. The van der Waals surface area contributed by atoms with Gasteiger partial charge in [0.2, 0.25) is 0 Å². The normalized spacial score (nSPS) is 11.8. The molecule has 4 nitrogen and oxygen atoms in total. The molecule has 0 saturated carbocycles. The number of fused-ring (bicyclic) bond motifs is 2. The first-order valence-corrected chi connectivity index (χ1v) is 9.96. The zero-order valence-electron chi connectivity index (χ0n) is 11.8. The summed E-state index contributed by atoms with van der Waals surface area (Å²) >= 11 is 8.74. The molecule has 0 aliphatic carbocycles. The van der Waals surface area contributed by atoms with Gasteiger partial charge in [-0.1, -0.05) is 0 Å². The molecular formula is C15H12N4S4. The maximum absolute atomic E-state index is 4.44. The number of pyridine rings is 2. The van der Waals surface area contributed by atoms with E-state index in [1.54, 1.807) is 21.8 Å². The third-order valence-electron chi connectivity index (χ3n) is 3.49. The van der Waals surface area contributed by atoms with E-state index in [2.05, 4.69) is 57.5 Å². The van der Waals surface area contributed by atoms with Crippen molar-refractivity contribution in [2.75, 3.05) is 0 Å². The highest BCUT2D eigenvalue weighted by Gasteiger charge is 2.11. The van der Waals surface area contributed by atoms with Gasteiger partial charge in [-0.25, -0.2) is 4.98 Å². The lowest BCUT2D eigenvalue weighted by atomic mass is 10.3. The summed E-state index contributed by atoms with van der Waals surface area (Å²) in [5, 5.41) is 2.29. The third kappa shape index (κ3) is 2.84. The molecule has 0 aliphatic rings. The average Bonchev–Trinajstić information content (AvgIpc) is 3.17. The van der Waals surface area contributed by atoms with Crippen LogP contribution in [0.25, 0.3) is 21.9 Å². The number of aromatic nitrogens is 4. The molecule has 0 fully saturated rings. The lowest BCUT2D eigenvalue weighted by Crippen LogP contribution is -1.95. The Kier molecular flexibility index (Phi) is 4.23. The van der Waals surface area contributed by atoms with Crippen molar-refractivity contribution in [1.29, 1.82) is 0 Å². The molecule has 4 rings (SSSR count). The van der Waals surface area contributed by atoms with Crippen LogP contribution in [0.4, 0.5) is 0 Å². The first-order chi connectivity index (χ1) is 11.2. The van der Waals surface area contributed by atoms with E-state index in [0.29, 0.717) is 0 Å². The Morgan fingerprint density at radius 2 is 1.96 bits per heavy atom. The molecule has 0 aromatic carbocycles. The molecule has 0 bridgehead atoms. The predicted molar refractivity (Wildman–Crippen MR) is 105 cm³/mol. The summed E-state index contributed by atoms with van der Waals surface area (Å²) in [5.74, 6) is 0. The second kappa shape index (κ2) is 6.35. The van der Waals surface area contributed by atoms with Crippen LogP contribution < -0.4 is 0 Å². The van der Waals surface area contributed by atoms with E-state index in [4.69, 9.17) is 0 Å². The van der Waals surface area contributed by atoms with Crippen molar-refractivity contribution in [2.24, 2.45) is 0 Å². The topological polar surface area (TPSA) is 35.6 Å². The molecule has 23 heavy (non-hydrogen) atoms. The van der Waals surface area contributed by atoms with Gasteiger partial charge in [0.15, 0.2) is 0 Å². The smallest absolute Gasteiger partial charge is 0.142 e. The van der Waals surface area contributed by atoms with E-state index in [9.17, 15) is 0 Å². The van der Waals surface area contributed by atoms with Gasteiger partial charge in [0.25, 0.3) is 0 Å². The highest BCUT2D eigenvalue weighted by atomic mass is 33.1. The molecule has 0 amide bonds. The summed E-state index contributed by atoms with van der Waals surface area (Å²) < 4.78 is 3.86. The molecule has 0 spiro atoms. The van der Waals surface area contributed by atoms with E-state index >= 15 is 0 Å². The quantitative estimate of drug-likeness (QED) is 0.301. The fourth-order valence-corrected chi connectivity index (χ4v) is 4.94. The summed E-state index contributed by atoms with van der Waals surface area (Å²) in [4.78, 5) is 9.80. The van der Waals surface area contributed by atoms with E-state index in [1.165, 1.54) is 5.39 Å². The van der Waals surface area contributed by atoms with Crippen LogP contribution >= 0.6 is 47.0 Å². The molecule has 0 aliphatic heterocycles. The Morgan fingerprint density at radius 3 is 2.83 bits per heavy atom. The third-order valence-corrected chi connectivity index (χ3v) is 6.32. The van der Waals surface area contributed by atoms with Gasteiger partial charge in [-0.3, -0.25) is 8.96 Å². The molecule has 0 N–H and O–H groups in total. The minimum absolute atomic E-state index is 0.202. The summed E-state index contributed by atoms with van der Waals surface area (Å²) in [5.41, 5.74) is 2.00. The second-order valence-corrected chi connectivity index (χ2v) is 8.33. The van der Waals surface area contributed by atoms with Gasteiger partial charge in [0.1, 0.15) is 10.4 Å². The number of thiol groups is 2. The Morgan fingerprint density at radius 1 is 1.04 bits per heavy atom. The van der Waals surface area contributed by atoms with Crippen LogP contribution in [0.5, 0.6) is 0 Å². The fraction of sp³-hybridized carbons (Fsp3) is 0.0667. The second-order valence-electron chi connectivity index (χ2n) is 4.85. The summed E-state index contributed by atoms with van der Waals surface area (Å²) in [6.45, 7) is 0. The molecule has 8 heteroatoms. The molecule has 4 aromatic rings. The maximum Gasteiger partial charge on any atom is 0.142 e. The van der Waals surface area contributed by atoms with Crippen molar-refractivity contribution >= 4 is 69.0 Å². The molecule has 0 atom stereocenters. The predicted octanol–water partition coefficient (Wildman–Crippen LogP) is 4.91. The molecule has 0 saturated heterocycles. The van der Waals surface area contributed by atoms with Gasteiger partial charge >= 0.3 is 0 Å². The lowest BCUT2D eigenvalue weighted by Gasteiger charge is -2.08. The van der Waals surface area contributed by atoms with E-state index in [-0.39, 0.29) is 4.71 Å². The van der Waals surface area contributed by atoms with Crippen LogP contribution in [0, 0.1) is 0 Å². The summed E-state index contributed by atoms with van der Waals surface area (Å²) in [6, 6.07) is 8.19. The van der Waals surface area contributed by atoms with E-state index in [0.717, 1.165) is 21.4 Å². The van der Waals surface area contributed by atoms with Gasteiger partial charge in [0, 0.05) is 51.4 Å². The van der Waals surface area contributed by atoms with Gasteiger partial charge in [-0.05, 0) is 35.1 Å². The van der Waals surface area contributed by atoms with E-state index < -0.39 is 0 Å². The Hall–Kier alpha value is -1.22. The van der Waals surface area contributed by atoms with Gasteiger partial charge in [0.05, 0.1) is 11.7 Å². The van der Waals surface area contributed by atoms with Crippen LogP contribution in [0.1, 0.15) is 4.71 Å². The number of hydrogen-bond acceptors (Lipinski definition) is 6. The maximum atomic E-state index is 4.44. The summed E-state index contributed by atoms with van der Waals surface area (Å²) in [7, 11) is 3.36. The zero-order valence-corrected chi connectivity index (χ0v) is 15.2. The van der Waals surface area contributed by atoms with Crippen LogP contribution in [0.3, 0.4) is 0 Å².